The largest absolute Gasteiger partial charge is 0.598 e. The first-order valence-corrected chi connectivity index (χ1v) is 8.11. The van der Waals surface area contributed by atoms with Crippen LogP contribution in [0.4, 0.5) is 22.0 Å². The molecule has 0 aromatic carbocycles. The molecule has 0 aliphatic rings. The molecule has 0 spiro atoms. The highest BCUT2D eigenvalue weighted by atomic mass is 79.9. The number of aromatic nitrogens is 1. The highest BCUT2D eigenvalue weighted by Gasteiger charge is 2.49. The van der Waals surface area contributed by atoms with Crippen molar-refractivity contribution >= 4 is 27.3 Å². The summed E-state index contributed by atoms with van der Waals surface area (Å²) in [6, 6.07) is 2.04. The van der Waals surface area contributed by atoms with Crippen LogP contribution in [0.25, 0.3) is 0 Å². The molecule has 0 amide bonds. The van der Waals surface area contributed by atoms with Crippen molar-refractivity contribution in [1.82, 2.24) is 9.71 Å². The van der Waals surface area contributed by atoms with E-state index in [9.17, 15) is 31.6 Å². The molecule has 0 bridgehead atoms. The van der Waals surface area contributed by atoms with E-state index in [2.05, 4.69) is 20.9 Å². The van der Waals surface area contributed by atoms with Crippen molar-refractivity contribution in [2.45, 2.75) is 24.2 Å². The van der Waals surface area contributed by atoms with E-state index in [1.807, 2.05) is 4.72 Å². The van der Waals surface area contributed by atoms with Crippen molar-refractivity contribution in [2.24, 2.45) is 0 Å². The minimum atomic E-state index is -5.04. The van der Waals surface area contributed by atoms with Crippen molar-refractivity contribution < 1.29 is 31.6 Å². The maximum absolute atomic E-state index is 13.9. The Morgan fingerprint density at radius 2 is 2.05 bits per heavy atom. The lowest BCUT2D eigenvalue weighted by molar-refractivity contribution is -0.210. The van der Waals surface area contributed by atoms with Gasteiger partial charge in [0.1, 0.15) is 34.6 Å². The van der Waals surface area contributed by atoms with Crippen LogP contribution in [0.2, 0.25) is 0 Å². The second-order valence-electron chi connectivity index (χ2n) is 4.50. The summed E-state index contributed by atoms with van der Waals surface area (Å²) in [5.41, 5.74) is -3.09. The van der Waals surface area contributed by atoms with Gasteiger partial charge in [-0.1, -0.05) is 0 Å². The Labute approximate surface area is 134 Å². The van der Waals surface area contributed by atoms with Gasteiger partial charge in [0.15, 0.2) is 6.10 Å². The second kappa shape index (κ2) is 7.39. The van der Waals surface area contributed by atoms with Crippen LogP contribution in [0, 0.1) is 5.82 Å². The van der Waals surface area contributed by atoms with E-state index in [1.165, 1.54) is 6.07 Å². The monoisotopic (exact) mass is 410 g/mol. The predicted molar refractivity (Wildman–Crippen MR) is 73.4 cm³/mol. The average molecular weight is 411 g/mol. The van der Waals surface area contributed by atoms with Crippen molar-refractivity contribution in [3.8, 4) is 0 Å². The first-order valence-electron chi connectivity index (χ1n) is 5.76. The van der Waals surface area contributed by atoms with Crippen LogP contribution in [0.5, 0.6) is 0 Å². The fourth-order valence-electron chi connectivity index (χ4n) is 1.81. The van der Waals surface area contributed by atoms with Crippen LogP contribution >= 0.6 is 15.9 Å². The number of alkyl halides is 4. The summed E-state index contributed by atoms with van der Waals surface area (Å²) >= 11 is 0.917. The summed E-state index contributed by atoms with van der Waals surface area (Å²) in [6.45, 7) is -1.56. The quantitative estimate of drug-likeness (QED) is 0.429. The van der Waals surface area contributed by atoms with Gasteiger partial charge < -0.3 is 9.66 Å². The molecule has 1 unspecified atom stereocenters. The van der Waals surface area contributed by atoms with E-state index >= 15 is 0 Å². The fourth-order valence-corrected chi connectivity index (χ4v) is 2.90. The molecule has 2 N–H and O–H groups in total. The number of nitrogens with zero attached hydrogens (tertiary/aromatic N) is 1. The van der Waals surface area contributed by atoms with E-state index in [0.717, 1.165) is 12.3 Å². The number of hydrogen-bond donors (Lipinski definition) is 2. The molecule has 1 rings (SSSR count). The number of hydrogen-bond acceptors (Lipinski definition) is 4. The lowest BCUT2D eigenvalue weighted by Gasteiger charge is -2.33. The SMILES string of the molecule is C[S+]([O-])N[C@@](CF)(C[C@H](O)C(F)(F)F)c1nc(Br)ccc1F. The van der Waals surface area contributed by atoms with Crippen molar-refractivity contribution in [2.75, 3.05) is 12.9 Å². The molecule has 0 aliphatic heterocycles. The number of pyridine rings is 1. The molecule has 3 atom stereocenters. The van der Waals surface area contributed by atoms with Gasteiger partial charge in [0.05, 0.1) is 0 Å². The zero-order valence-electron chi connectivity index (χ0n) is 11.1. The molecular weight excluding hydrogens is 399 g/mol. The molecule has 22 heavy (non-hydrogen) atoms. The second-order valence-corrected chi connectivity index (χ2v) is 6.42. The molecule has 1 heterocycles. The van der Waals surface area contributed by atoms with Gasteiger partial charge in [-0.25, -0.2) is 13.8 Å². The molecule has 0 radical (unpaired) electrons. The Morgan fingerprint density at radius 1 is 1.45 bits per heavy atom. The first kappa shape index (κ1) is 19.6. The van der Waals surface area contributed by atoms with E-state index < -0.39 is 53.8 Å². The molecule has 11 heteroatoms. The minimum absolute atomic E-state index is 0.0481. The van der Waals surface area contributed by atoms with Gasteiger partial charge in [0, 0.05) is 17.8 Å². The Morgan fingerprint density at radius 3 is 2.50 bits per heavy atom. The molecule has 0 saturated heterocycles. The maximum Gasteiger partial charge on any atom is 0.414 e. The van der Waals surface area contributed by atoms with Crippen LogP contribution in [0.1, 0.15) is 12.1 Å². The normalized spacial score (nSPS) is 17.9. The third-order valence-electron chi connectivity index (χ3n) is 2.75. The first-order chi connectivity index (χ1) is 10.0. The van der Waals surface area contributed by atoms with Gasteiger partial charge in [-0.05, 0) is 28.1 Å². The summed E-state index contributed by atoms with van der Waals surface area (Å²) in [5.74, 6) is -1.09. The molecule has 4 nitrogen and oxygen atoms in total. The number of nitrogens with one attached hydrogen (secondary N) is 1. The lowest BCUT2D eigenvalue weighted by atomic mass is 9.89. The van der Waals surface area contributed by atoms with E-state index in [-0.39, 0.29) is 4.60 Å². The van der Waals surface area contributed by atoms with Gasteiger partial charge in [-0.2, -0.15) is 13.2 Å². The van der Waals surface area contributed by atoms with Crippen molar-refractivity contribution in [3.63, 3.8) is 0 Å². The third kappa shape index (κ3) is 4.75. The molecular formula is C11H12BrF5N2O2S. The highest BCUT2D eigenvalue weighted by Crippen LogP contribution is 2.34. The molecule has 0 fully saturated rings. The van der Waals surface area contributed by atoms with Crippen LogP contribution in [0.15, 0.2) is 16.7 Å². The Hall–Kier alpha value is -0.490. The van der Waals surface area contributed by atoms with Gasteiger partial charge in [0.25, 0.3) is 0 Å². The summed E-state index contributed by atoms with van der Waals surface area (Å²) in [4.78, 5) is 3.63. The predicted octanol–water partition coefficient (Wildman–Crippen LogP) is 2.34. The summed E-state index contributed by atoms with van der Waals surface area (Å²) in [5, 5.41) is 9.19. The molecule has 1 aromatic heterocycles. The van der Waals surface area contributed by atoms with Gasteiger partial charge >= 0.3 is 6.18 Å². The minimum Gasteiger partial charge on any atom is -0.598 e. The zero-order chi connectivity index (χ0) is 17.1. The van der Waals surface area contributed by atoms with E-state index in [1.54, 1.807) is 0 Å². The van der Waals surface area contributed by atoms with E-state index in [0.29, 0.717) is 0 Å². The van der Waals surface area contributed by atoms with Crippen LogP contribution in [0.3, 0.4) is 0 Å². The summed E-state index contributed by atoms with van der Waals surface area (Å²) in [6.07, 6.45) is -8.23. The zero-order valence-corrected chi connectivity index (χ0v) is 13.5. The van der Waals surface area contributed by atoms with Crippen molar-refractivity contribution in [1.29, 1.82) is 0 Å². The molecule has 0 aliphatic carbocycles. The standard InChI is InChI=1S/C11H12BrF5N2O2S/c1-22(21)19-10(5-13,4-7(20)11(15,16)17)9-6(14)2-3-8(12)18-9/h2-3,7,19-20H,4-5H2,1H3/t7-,10+,22?/m0/s1. The maximum atomic E-state index is 13.9. The van der Waals surface area contributed by atoms with Gasteiger partial charge in [0.2, 0.25) is 0 Å². The number of halogens is 6. The highest BCUT2D eigenvalue weighted by molar-refractivity contribution is 9.10. The Bertz CT molecular complexity index is 520. The van der Waals surface area contributed by atoms with Crippen LogP contribution < -0.4 is 4.72 Å². The topological polar surface area (TPSA) is 68.2 Å². The van der Waals surface area contributed by atoms with Crippen molar-refractivity contribution in [3.05, 3.63) is 28.2 Å². The number of aliphatic hydroxyl groups excluding tert-OH is 1. The third-order valence-corrected chi connectivity index (χ3v) is 3.87. The van der Waals surface area contributed by atoms with Gasteiger partial charge in [-0.15, -0.1) is 4.72 Å². The molecule has 0 saturated carbocycles. The summed E-state index contributed by atoms with van der Waals surface area (Å²) in [7, 11) is 0. The number of rotatable bonds is 6. The Balaban J connectivity index is 3.35. The summed E-state index contributed by atoms with van der Waals surface area (Å²) < 4.78 is 78.5. The van der Waals surface area contributed by atoms with Crippen LogP contribution in [-0.2, 0) is 16.9 Å². The van der Waals surface area contributed by atoms with Crippen LogP contribution in [-0.4, -0.2) is 39.9 Å². The lowest BCUT2D eigenvalue weighted by Crippen LogP contribution is -2.52. The fraction of sp³-hybridized carbons (Fsp3) is 0.545. The number of aliphatic hydroxyl groups is 1. The molecule has 126 valence electrons. The smallest absolute Gasteiger partial charge is 0.414 e. The Kier molecular flexibility index (Phi) is 6.57. The average Bonchev–Trinajstić information content (AvgIpc) is 2.39. The van der Waals surface area contributed by atoms with Gasteiger partial charge in [-0.3, -0.25) is 0 Å². The molecule has 1 aromatic rings. The van der Waals surface area contributed by atoms with E-state index in [4.69, 9.17) is 0 Å².